The third-order valence-electron chi connectivity index (χ3n) is 2.98. The summed E-state index contributed by atoms with van der Waals surface area (Å²) in [5.74, 6) is 1.62. The second-order valence-electron chi connectivity index (χ2n) is 4.86. The van der Waals surface area contributed by atoms with Gasteiger partial charge in [-0.25, -0.2) is 0 Å². The lowest BCUT2D eigenvalue weighted by Gasteiger charge is -2.17. The van der Waals surface area contributed by atoms with E-state index < -0.39 is 0 Å². The molecule has 2 nitrogen and oxygen atoms in total. The van der Waals surface area contributed by atoms with E-state index in [1.54, 1.807) is 0 Å². The van der Waals surface area contributed by atoms with Crippen molar-refractivity contribution in [1.82, 2.24) is 5.32 Å². The van der Waals surface area contributed by atoms with Gasteiger partial charge >= 0.3 is 0 Å². The molecule has 0 amide bonds. The molecule has 1 atom stereocenters. The van der Waals surface area contributed by atoms with Crippen molar-refractivity contribution in [1.29, 1.82) is 0 Å². The van der Waals surface area contributed by atoms with E-state index in [4.69, 9.17) is 4.74 Å². The number of hydrogen-bond donors (Lipinski definition) is 1. The predicted molar refractivity (Wildman–Crippen MR) is 60.5 cm³/mol. The van der Waals surface area contributed by atoms with Crippen molar-refractivity contribution >= 4 is 0 Å². The summed E-state index contributed by atoms with van der Waals surface area (Å²) in [7, 11) is 0. The molecule has 1 N–H and O–H groups in total. The Morgan fingerprint density at radius 2 is 2.00 bits per heavy atom. The van der Waals surface area contributed by atoms with Crippen LogP contribution in [0, 0.1) is 11.8 Å². The van der Waals surface area contributed by atoms with Gasteiger partial charge in [-0.15, -0.1) is 0 Å². The minimum Gasteiger partial charge on any atom is -0.381 e. The molecule has 2 heteroatoms. The Balaban J connectivity index is 1.78. The first-order chi connectivity index (χ1) is 6.70. The Hall–Kier alpha value is -0.0800. The first-order valence-electron chi connectivity index (χ1n) is 6.01. The molecule has 1 saturated carbocycles. The summed E-state index contributed by atoms with van der Waals surface area (Å²) in [6.45, 7) is 9.76. The molecule has 0 aromatic heterocycles. The second kappa shape index (κ2) is 6.41. The second-order valence-corrected chi connectivity index (χ2v) is 4.86. The Kier molecular flexibility index (Phi) is 5.49. The lowest BCUT2D eigenvalue weighted by Crippen LogP contribution is -2.31. The average molecular weight is 199 g/mol. The van der Waals surface area contributed by atoms with Gasteiger partial charge in [-0.3, -0.25) is 0 Å². The van der Waals surface area contributed by atoms with Gasteiger partial charge < -0.3 is 10.1 Å². The molecule has 1 rings (SSSR count). The van der Waals surface area contributed by atoms with Crippen molar-refractivity contribution in [3.63, 3.8) is 0 Å². The van der Waals surface area contributed by atoms with Crippen LogP contribution in [0.2, 0.25) is 0 Å². The van der Waals surface area contributed by atoms with E-state index in [0.29, 0.717) is 6.04 Å². The van der Waals surface area contributed by atoms with E-state index in [2.05, 4.69) is 26.1 Å². The minimum atomic E-state index is 0.624. The third-order valence-corrected chi connectivity index (χ3v) is 2.98. The molecule has 1 aliphatic carbocycles. The summed E-state index contributed by atoms with van der Waals surface area (Å²) in [6, 6.07) is 0.624. The molecule has 0 aromatic rings. The molecule has 1 unspecified atom stereocenters. The van der Waals surface area contributed by atoms with Crippen LogP contribution in [0.3, 0.4) is 0 Å². The maximum atomic E-state index is 5.56. The Morgan fingerprint density at radius 3 is 2.57 bits per heavy atom. The molecule has 1 fully saturated rings. The van der Waals surface area contributed by atoms with Crippen LogP contribution in [0.25, 0.3) is 0 Å². The van der Waals surface area contributed by atoms with Crippen molar-refractivity contribution in [2.45, 2.75) is 46.1 Å². The summed E-state index contributed by atoms with van der Waals surface area (Å²) in [4.78, 5) is 0. The summed E-state index contributed by atoms with van der Waals surface area (Å²) in [6.07, 6.45) is 3.93. The maximum absolute atomic E-state index is 5.56. The molecule has 0 spiro atoms. The summed E-state index contributed by atoms with van der Waals surface area (Å²) in [5, 5.41) is 3.51. The van der Waals surface area contributed by atoms with Crippen molar-refractivity contribution in [3.05, 3.63) is 0 Å². The van der Waals surface area contributed by atoms with E-state index in [1.165, 1.54) is 12.8 Å². The maximum Gasteiger partial charge on any atom is 0.0494 e. The van der Waals surface area contributed by atoms with E-state index in [-0.39, 0.29) is 0 Å². The van der Waals surface area contributed by atoms with Gasteiger partial charge in [0, 0.05) is 19.3 Å². The van der Waals surface area contributed by atoms with Gasteiger partial charge in [0.05, 0.1) is 0 Å². The number of ether oxygens (including phenoxy) is 1. The predicted octanol–water partition coefficient (Wildman–Crippen LogP) is 2.44. The van der Waals surface area contributed by atoms with Gasteiger partial charge in [-0.2, -0.15) is 0 Å². The Labute approximate surface area is 88.4 Å². The zero-order chi connectivity index (χ0) is 10.4. The molecule has 1 aliphatic rings. The zero-order valence-electron chi connectivity index (χ0n) is 9.88. The van der Waals surface area contributed by atoms with Crippen molar-refractivity contribution in [3.8, 4) is 0 Å². The van der Waals surface area contributed by atoms with E-state index >= 15 is 0 Å². The Bertz CT molecular complexity index is 143. The number of nitrogens with one attached hydrogen (secondary N) is 1. The van der Waals surface area contributed by atoms with Gasteiger partial charge in [-0.1, -0.05) is 13.8 Å². The molecule has 0 aliphatic heterocycles. The number of rotatable bonds is 8. The van der Waals surface area contributed by atoms with Crippen molar-refractivity contribution in [2.24, 2.45) is 11.8 Å². The molecule has 0 radical (unpaired) electrons. The molecular weight excluding hydrogens is 174 g/mol. The fourth-order valence-electron chi connectivity index (χ4n) is 1.27. The van der Waals surface area contributed by atoms with Gasteiger partial charge in [0.1, 0.15) is 0 Å². The lowest BCUT2D eigenvalue weighted by molar-refractivity contribution is 0.121. The van der Waals surface area contributed by atoms with Crippen LogP contribution in [-0.2, 0) is 4.74 Å². The van der Waals surface area contributed by atoms with Crippen molar-refractivity contribution < 1.29 is 4.74 Å². The largest absolute Gasteiger partial charge is 0.381 e. The number of hydrogen-bond acceptors (Lipinski definition) is 2. The topological polar surface area (TPSA) is 21.3 Å². The molecular formula is C12H25NO. The van der Waals surface area contributed by atoms with Crippen molar-refractivity contribution in [2.75, 3.05) is 19.8 Å². The molecule has 14 heavy (non-hydrogen) atoms. The quantitative estimate of drug-likeness (QED) is 0.606. The third kappa shape index (κ3) is 5.61. The molecule has 0 bridgehead atoms. The molecule has 0 aromatic carbocycles. The van der Waals surface area contributed by atoms with Gasteiger partial charge in [0.15, 0.2) is 0 Å². The summed E-state index contributed by atoms with van der Waals surface area (Å²) >= 11 is 0. The average Bonchev–Trinajstić information content (AvgIpc) is 2.94. The first-order valence-corrected chi connectivity index (χ1v) is 6.01. The lowest BCUT2D eigenvalue weighted by atomic mass is 10.1. The first kappa shape index (κ1) is 12.0. The van der Waals surface area contributed by atoms with Crippen LogP contribution in [0.4, 0.5) is 0 Å². The van der Waals surface area contributed by atoms with Gasteiger partial charge in [0.25, 0.3) is 0 Å². The molecule has 0 saturated heterocycles. The van der Waals surface area contributed by atoms with Gasteiger partial charge in [0.2, 0.25) is 0 Å². The highest BCUT2D eigenvalue weighted by Gasteiger charge is 2.20. The standard InChI is InChI=1S/C12H25NO/c1-10(2)11(3)13-7-4-8-14-9-12-5-6-12/h10-13H,4-9H2,1-3H3. The van der Waals surface area contributed by atoms with Crippen LogP contribution in [0.5, 0.6) is 0 Å². The van der Waals surface area contributed by atoms with Crippen LogP contribution in [0.1, 0.15) is 40.0 Å². The fraction of sp³-hybridized carbons (Fsp3) is 1.00. The van der Waals surface area contributed by atoms with E-state index in [1.807, 2.05) is 0 Å². The highest BCUT2D eigenvalue weighted by molar-refractivity contribution is 4.72. The minimum absolute atomic E-state index is 0.624. The zero-order valence-corrected chi connectivity index (χ0v) is 9.88. The molecule has 0 heterocycles. The normalized spacial score (nSPS) is 18.9. The SMILES string of the molecule is CC(C)C(C)NCCCOCC1CC1. The Morgan fingerprint density at radius 1 is 1.29 bits per heavy atom. The summed E-state index contributed by atoms with van der Waals surface area (Å²) < 4.78 is 5.56. The van der Waals surface area contributed by atoms with E-state index in [0.717, 1.165) is 38.0 Å². The highest BCUT2D eigenvalue weighted by atomic mass is 16.5. The summed E-state index contributed by atoms with van der Waals surface area (Å²) in [5.41, 5.74) is 0. The van der Waals surface area contributed by atoms with Crippen LogP contribution >= 0.6 is 0 Å². The van der Waals surface area contributed by atoms with Crippen LogP contribution in [0.15, 0.2) is 0 Å². The van der Waals surface area contributed by atoms with Crippen LogP contribution in [-0.4, -0.2) is 25.8 Å². The monoisotopic (exact) mass is 199 g/mol. The van der Waals surface area contributed by atoms with E-state index in [9.17, 15) is 0 Å². The molecule has 84 valence electrons. The fourth-order valence-corrected chi connectivity index (χ4v) is 1.27. The smallest absolute Gasteiger partial charge is 0.0494 e. The van der Waals surface area contributed by atoms with Gasteiger partial charge in [-0.05, 0) is 44.6 Å². The highest BCUT2D eigenvalue weighted by Crippen LogP contribution is 2.28. The van der Waals surface area contributed by atoms with Crippen LogP contribution < -0.4 is 5.32 Å².